The van der Waals surface area contributed by atoms with E-state index in [1.54, 1.807) is 7.11 Å². The van der Waals surface area contributed by atoms with Crippen molar-refractivity contribution in [1.82, 2.24) is 0 Å². The van der Waals surface area contributed by atoms with Gasteiger partial charge < -0.3 is 20.5 Å². The van der Waals surface area contributed by atoms with Gasteiger partial charge in [-0.3, -0.25) is 4.79 Å². The van der Waals surface area contributed by atoms with Gasteiger partial charge in [0.15, 0.2) is 0 Å². The van der Waals surface area contributed by atoms with Crippen LogP contribution in [0.25, 0.3) is 0 Å². The van der Waals surface area contributed by atoms with Crippen molar-refractivity contribution in [2.45, 2.75) is 13.0 Å². The number of hydrogen-bond donors (Lipinski definition) is 2. The lowest BCUT2D eigenvalue weighted by atomic mass is 10.2. The minimum absolute atomic E-state index is 0.265. The van der Waals surface area contributed by atoms with Gasteiger partial charge in [-0.1, -0.05) is 0 Å². The van der Waals surface area contributed by atoms with Gasteiger partial charge >= 0.3 is 5.97 Å². The quantitative estimate of drug-likeness (QED) is 0.795. The van der Waals surface area contributed by atoms with Crippen LogP contribution in [0, 0.1) is 6.92 Å². The Morgan fingerprint density at radius 2 is 2.24 bits per heavy atom. The first-order valence-corrected chi connectivity index (χ1v) is 5.30. The molecule has 0 fully saturated rings. The molecule has 0 saturated carbocycles. The lowest BCUT2D eigenvalue weighted by Crippen LogP contribution is -2.41. The topological polar surface area (TPSA) is 75.8 Å². The molecule has 1 aromatic carbocycles. The molecule has 3 N–H and O–H groups in total. The number of benzene rings is 1. The molecular formula is C12H18N2O3. The van der Waals surface area contributed by atoms with Crippen molar-refractivity contribution in [2.75, 3.05) is 25.6 Å². The average molecular weight is 238 g/mol. The highest BCUT2D eigenvalue weighted by Gasteiger charge is 2.14. The summed E-state index contributed by atoms with van der Waals surface area (Å²) in [5.41, 5.74) is 7.40. The van der Waals surface area contributed by atoms with Gasteiger partial charge in [0.25, 0.3) is 0 Å². The molecule has 0 aliphatic rings. The summed E-state index contributed by atoms with van der Waals surface area (Å²) < 4.78 is 5.16. The monoisotopic (exact) mass is 238 g/mol. The third-order valence-electron chi connectivity index (χ3n) is 2.61. The maximum Gasteiger partial charge on any atom is 0.322 e. The second-order valence-corrected chi connectivity index (χ2v) is 3.98. The van der Waals surface area contributed by atoms with E-state index in [1.807, 2.05) is 37.1 Å². The Bertz CT molecular complexity index is 407. The van der Waals surface area contributed by atoms with Gasteiger partial charge in [0.05, 0.1) is 7.11 Å². The second-order valence-electron chi connectivity index (χ2n) is 3.98. The molecule has 94 valence electrons. The molecule has 0 heterocycles. The summed E-state index contributed by atoms with van der Waals surface area (Å²) in [6.07, 6.45) is 0. The Hall–Kier alpha value is -1.75. The third-order valence-corrected chi connectivity index (χ3v) is 2.61. The molecule has 0 bridgehead atoms. The number of ether oxygens (including phenoxy) is 1. The summed E-state index contributed by atoms with van der Waals surface area (Å²) in [6.45, 7) is 2.20. The second kappa shape index (κ2) is 5.54. The lowest BCUT2D eigenvalue weighted by molar-refractivity contribution is -0.138. The van der Waals surface area contributed by atoms with Crippen LogP contribution in [0.4, 0.5) is 5.69 Å². The molecule has 0 aliphatic carbocycles. The molecule has 1 atom stereocenters. The fraction of sp³-hybridized carbons (Fsp3) is 0.417. The standard InChI is InChI=1S/C12H18N2O3/c1-8-6-9(4-5-11(8)17-3)14(2)7-10(13)12(15)16/h4-6,10H,7,13H2,1-3H3,(H,15,16). The van der Waals surface area contributed by atoms with Crippen molar-refractivity contribution in [3.05, 3.63) is 23.8 Å². The Labute approximate surface area is 101 Å². The van der Waals surface area contributed by atoms with Gasteiger partial charge in [0.2, 0.25) is 0 Å². The van der Waals surface area contributed by atoms with Crippen LogP contribution in [0.3, 0.4) is 0 Å². The number of hydrogen-bond acceptors (Lipinski definition) is 4. The Balaban J connectivity index is 2.79. The van der Waals surface area contributed by atoms with Gasteiger partial charge in [0.1, 0.15) is 11.8 Å². The zero-order valence-corrected chi connectivity index (χ0v) is 10.3. The largest absolute Gasteiger partial charge is 0.496 e. The summed E-state index contributed by atoms with van der Waals surface area (Å²) in [7, 11) is 3.43. The zero-order valence-electron chi connectivity index (χ0n) is 10.3. The maximum atomic E-state index is 10.7. The molecule has 5 heteroatoms. The van der Waals surface area contributed by atoms with Crippen LogP contribution < -0.4 is 15.4 Å². The number of carboxylic acid groups (broad SMARTS) is 1. The summed E-state index contributed by atoms with van der Waals surface area (Å²) in [4.78, 5) is 12.5. The molecule has 0 amide bonds. The summed E-state index contributed by atoms with van der Waals surface area (Å²) in [6, 6.07) is 4.78. The molecule has 1 rings (SSSR count). The molecule has 0 spiro atoms. The SMILES string of the molecule is COc1ccc(N(C)CC(N)C(=O)O)cc1C. The van der Waals surface area contributed by atoms with E-state index in [2.05, 4.69) is 0 Å². The first kappa shape index (κ1) is 13.3. The number of nitrogens with two attached hydrogens (primary N) is 1. The smallest absolute Gasteiger partial charge is 0.322 e. The van der Waals surface area contributed by atoms with Crippen molar-refractivity contribution in [3.8, 4) is 5.75 Å². The first-order valence-electron chi connectivity index (χ1n) is 5.30. The minimum atomic E-state index is -0.998. The molecule has 1 unspecified atom stereocenters. The molecule has 1 aromatic rings. The fourth-order valence-corrected chi connectivity index (χ4v) is 1.58. The number of anilines is 1. The molecule has 0 aromatic heterocycles. The number of carboxylic acids is 1. The summed E-state index contributed by atoms with van der Waals surface area (Å²) in [5, 5.41) is 8.74. The van der Waals surface area contributed by atoms with E-state index in [4.69, 9.17) is 15.6 Å². The highest BCUT2D eigenvalue weighted by molar-refractivity contribution is 5.74. The number of likely N-dealkylation sites (N-methyl/N-ethyl adjacent to an activating group) is 1. The van der Waals surface area contributed by atoms with Crippen LogP contribution >= 0.6 is 0 Å². The Kier molecular flexibility index (Phi) is 4.34. The zero-order chi connectivity index (χ0) is 13.0. The highest BCUT2D eigenvalue weighted by Crippen LogP contribution is 2.23. The van der Waals surface area contributed by atoms with E-state index in [1.165, 1.54) is 0 Å². The van der Waals surface area contributed by atoms with Crippen LogP contribution in [-0.4, -0.2) is 37.8 Å². The fourth-order valence-electron chi connectivity index (χ4n) is 1.58. The Morgan fingerprint density at radius 1 is 1.59 bits per heavy atom. The van der Waals surface area contributed by atoms with Gasteiger partial charge in [-0.05, 0) is 30.7 Å². The molecule has 5 nitrogen and oxygen atoms in total. The number of methoxy groups -OCH3 is 1. The van der Waals surface area contributed by atoms with E-state index in [0.717, 1.165) is 17.0 Å². The number of rotatable bonds is 5. The summed E-state index contributed by atoms with van der Waals surface area (Å²) in [5.74, 6) is -0.188. The number of aliphatic carboxylic acids is 1. The first-order chi connectivity index (χ1) is 7.95. The van der Waals surface area contributed by atoms with E-state index in [0.29, 0.717) is 0 Å². The van der Waals surface area contributed by atoms with Gasteiger partial charge in [-0.2, -0.15) is 0 Å². The van der Waals surface area contributed by atoms with Crippen LogP contribution in [0.5, 0.6) is 5.75 Å². The normalized spacial score (nSPS) is 12.0. The number of aryl methyl sites for hydroxylation is 1. The maximum absolute atomic E-state index is 10.7. The summed E-state index contributed by atoms with van der Waals surface area (Å²) >= 11 is 0. The van der Waals surface area contributed by atoms with Crippen molar-refractivity contribution >= 4 is 11.7 Å². The van der Waals surface area contributed by atoms with Crippen molar-refractivity contribution < 1.29 is 14.6 Å². The van der Waals surface area contributed by atoms with E-state index in [-0.39, 0.29) is 6.54 Å². The van der Waals surface area contributed by atoms with Gasteiger partial charge in [0, 0.05) is 19.3 Å². The van der Waals surface area contributed by atoms with Crippen molar-refractivity contribution in [2.24, 2.45) is 5.73 Å². The van der Waals surface area contributed by atoms with E-state index >= 15 is 0 Å². The number of nitrogens with zero attached hydrogens (tertiary/aromatic N) is 1. The van der Waals surface area contributed by atoms with E-state index < -0.39 is 12.0 Å². The minimum Gasteiger partial charge on any atom is -0.496 e. The molecule has 0 radical (unpaired) electrons. The van der Waals surface area contributed by atoms with Crippen LogP contribution in [0.1, 0.15) is 5.56 Å². The van der Waals surface area contributed by atoms with Gasteiger partial charge in [-0.25, -0.2) is 0 Å². The van der Waals surface area contributed by atoms with Crippen molar-refractivity contribution in [1.29, 1.82) is 0 Å². The predicted octanol–water partition coefficient (Wildman–Crippen LogP) is 0.852. The van der Waals surface area contributed by atoms with Crippen molar-refractivity contribution in [3.63, 3.8) is 0 Å². The highest BCUT2D eigenvalue weighted by atomic mass is 16.5. The number of carbonyl (C=O) groups is 1. The molecular weight excluding hydrogens is 220 g/mol. The van der Waals surface area contributed by atoms with Crippen LogP contribution in [-0.2, 0) is 4.79 Å². The molecule has 0 aliphatic heterocycles. The average Bonchev–Trinajstić information content (AvgIpc) is 2.28. The van der Waals surface area contributed by atoms with E-state index in [9.17, 15) is 4.79 Å². The van der Waals surface area contributed by atoms with Crippen LogP contribution in [0.2, 0.25) is 0 Å². The van der Waals surface area contributed by atoms with Crippen LogP contribution in [0.15, 0.2) is 18.2 Å². The molecule has 17 heavy (non-hydrogen) atoms. The Morgan fingerprint density at radius 3 is 2.71 bits per heavy atom. The molecule has 0 saturated heterocycles. The third kappa shape index (κ3) is 3.35. The van der Waals surface area contributed by atoms with Gasteiger partial charge in [-0.15, -0.1) is 0 Å². The lowest BCUT2D eigenvalue weighted by Gasteiger charge is -2.22. The predicted molar refractivity (Wildman–Crippen MR) is 66.6 cm³/mol.